The lowest BCUT2D eigenvalue weighted by atomic mass is 10.2. The number of Topliss-reactive ketones (excluding diaryl/α,β-unsaturated/α-hetero) is 1. The lowest BCUT2D eigenvalue weighted by molar-refractivity contribution is -0.138. The van der Waals surface area contributed by atoms with Gasteiger partial charge in [-0.3, -0.25) is 24.1 Å². The highest BCUT2D eigenvalue weighted by molar-refractivity contribution is 7.89. The van der Waals surface area contributed by atoms with Crippen molar-refractivity contribution in [1.29, 1.82) is 0 Å². The number of nitrogens with zero attached hydrogens (tertiary/aromatic N) is 1. The fraction of sp³-hybridized carbons (Fsp3) is 0.444. The predicted molar refractivity (Wildman–Crippen MR) is 99.8 cm³/mol. The number of hydrogen-bond donors (Lipinski definition) is 2. The van der Waals surface area contributed by atoms with Crippen molar-refractivity contribution >= 4 is 33.5 Å². The maximum Gasteiger partial charge on any atom is 0.240 e. The Morgan fingerprint density at radius 2 is 1.64 bits per heavy atom. The largest absolute Gasteiger partial charge is 0.356 e. The third kappa shape index (κ3) is 5.96. The number of rotatable bonds is 10. The highest BCUT2D eigenvalue weighted by Gasteiger charge is 2.27. The number of likely N-dealkylation sites (tertiary alicyclic amines) is 1. The molecule has 3 amide bonds. The van der Waals surface area contributed by atoms with Gasteiger partial charge in [-0.25, -0.2) is 13.1 Å². The number of imide groups is 1. The maximum absolute atomic E-state index is 12.2. The molecule has 152 valence electrons. The van der Waals surface area contributed by atoms with Crippen LogP contribution in [0.5, 0.6) is 0 Å². The molecule has 2 N–H and O–H groups in total. The van der Waals surface area contributed by atoms with E-state index in [4.69, 9.17) is 0 Å². The van der Waals surface area contributed by atoms with Gasteiger partial charge < -0.3 is 5.32 Å². The Hall–Kier alpha value is -2.59. The van der Waals surface area contributed by atoms with Gasteiger partial charge in [-0.2, -0.15) is 0 Å². The monoisotopic (exact) mass is 409 g/mol. The van der Waals surface area contributed by atoms with Crippen LogP contribution in [0, 0.1) is 0 Å². The fourth-order valence-electron chi connectivity index (χ4n) is 2.68. The molecule has 1 aromatic carbocycles. The molecule has 1 aliphatic rings. The number of carbonyl (C=O) groups excluding carboxylic acids is 4. The Kier molecular flexibility index (Phi) is 7.41. The summed E-state index contributed by atoms with van der Waals surface area (Å²) in [6.07, 6.45) is 0.870. The van der Waals surface area contributed by atoms with Crippen molar-refractivity contribution in [2.24, 2.45) is 0 Å². The summed E-state index contributed by atoms with van der Waals surface area (Å²) in [5.74, 6) is -0.884. The van der Waals surface area contributed by atoms with Crippen LogP contribution in [0.2, 0.25) is 0 Å². The standard InChI is InChI=1S/C18H23N3O6S/c1-13(22)14-3-5-15(6-4-14)28(26,27)20-11-9-16(23)19-10-2-12-21-17(24)7-8-18(21)25/h3-6,20H,2,7-12H2,1H3,(H,19,23). The minimum absolute atomic E-state index is 0.0119. The molecule has 9 nitrogen and oxygen atoms in total. The smallest absolute Gasteiger partial charge is 0.240 e. The van der Waals surface area contributed by atoms with E-state index < -0.39 is 10.0 Å². The Labute approximate surface area is 163 Å². The van der Waals surface area contributed by atoms with E-state index in [2.05, 4.69) is 10.0 Å². The van der Waals surface area contributed by atoms with Gasteiger partial charge in [-0.15, -0.1) is 0 Å². The predicted octanol–water partition coefficient (Wildman–Crippen LogP) is 0.213. The molecule has 0 radical (unpaired) electrons. The lowest BCUT2D eigenvalue weighted by Gasteiger charge is -2.13. The van der Waals surface area contributed by atoms with Crippen molar-refractivity contribution in [3.05, 3.63) is 29.8 Å². The number of hydrogen-bond acceptors (Lipinski definition) is 6. The zero-order chi connectivity index (χ0) is 20.7. The molecule has 10 heteroatoms. The third-order valence-electron chi connectivity index (χ3n) is 4.25. The molecule has 1 saturated heterocycles. The molecule has 0 bridgehead atoms. The van der Waals surface area contributed by atoms with Gasteiger partial charge in [0, 0.05) is 44.5 Å². The molecular formula is C18H23N3O6S. The molecule has 0 aromatic heterocycles. The zero-order valence-corrected chi connectivity index (χ0v) is 16.4. The van der Waals surface area contributed by atoms with E-state index in [1.165, 1.54) is 36.1 Å². The molecule has 0 saturated carbocycles. The average molecular weight is 409 g/mol. The zero-order valence-electron chi connectivity index (χ0n) is 15.6. The average Bonchev–Trinajstić information content (AvgIpc) is 2.97. The summed E-state index contributed by atoms with van der Waals surface area (Å²) in [6, 6.07) is 5.53. The van der Waals surface area contributed by atoms with Crippen LogP contribution in [0.15, 0.2) is 29.2 Å². The summed E-state index contributed by atoms with van der Waals surface area (Å²) in [6.45, 7) is 1.86. The van der Waals surface area contributed by atoms with Gasteiger partial charge in [-0.05, 0) is 25.5 Å². The van der Waals surface area contributed by atoms with Crippen LogP contribution in [-0.2, 0) is 24.4 Å². The first-order valence-electron chi connectivity index (χ1n) is 8.91. The number of ketones is 1. The topological polar surface area (TPSA) is 130 Å². The molecular weight excluding hydrogens is 386 g/mol. The van der Waals surface area contributed by atoms with Gasteiger partial charge in [-0.1, -0.05) is 12.1 Å². The number of sulfonamides is 1. The number of carbonyl (C=O) groups is 4. The maximum atomic E-state index is 12.2. The van der Waals surface area contributed by atoms with Gasteiger partial charge in [0.2, 0.25) is 27.7 Å². The molecule has 1 heterocycles. The Balaban J connectivity index is 1.68. The quantitative estimate of drug-likeness (QED) is 0.323. The number of benzene rings is 1. The minimum atomic E-state index is -3.77. The minimum Gasteiger partial charge on any atom is -0.356 e. The van der Waals surface area contributed by atoms with Gasteiger partial charge in [0.1, 0.15) is 0 Å². The van der Waals surface area contributed by atoms with E-state index in [9.17, 15) is 27.6 Å². The van der Waals surface area contributed by atoms with Crippen LogP contribution in [0.3, 0.4) is 0 Å². The van der Waals surface area contributed by atoms with Crippen LogP contribution in [0.1, 0.15) is 43.0 Å². The normalized spacial score (nSPS) is 14.4. The number of amides is 3. The van der Waals surface area contributed by atoms with Crippen molar-refractivity contribution in [1.82, 2.24) is 14.9 Å². The Morgan fingerprint density at radius 1 is 1.04 bits per heavy atom. The fourth-order valence-corrected chi connectivity index (χ4v) is 3.71. The van der Waals surface area contributed by atoms with Crippen molar-refractivity contribution < 1.29 is 27.6 Å². The van der Waals surface area contributed by atoms with Gasteiger partial charge in [0.15, 0.2) is 5.78 Å². The molecule has 1 aliphatic heterocycles. The molecule has 0 aliphatic carbocycles. The first kappa shape index (κ1) is 21.7. The molecule has 1 fully saturated rings. The summed E-state index contributed by atoms with van der Waals surface area (Å²) in [5.41, 5.74) is 0.413. The van der Waals surface area contributed by atoms with Crippen molar-refractivity contribution in [2.45, 2.75) is 37.5 Å². The molecule has 0 atom stereocenters. The van der Waals surface area contributed by atoms with Crippen LogP contribution >= 0.6 is 0 Å². The summed E-state index contributed by atoms with van der Waals surface area (Å²) in [7, 11) is -3.77. The SMILES string of the molecule is CC(=O)c1ccc(S(=O)(=O)NCCC(=O)NCCCN2C(=O)CCC2=O)cc1. The molecule has 0 unspecified atom stereocenters. The molecule has 28 heavy (non-hydrogen) atoms. The van der Waals surface area contributed by atoms with E-state index in [-0.39, 0.29) is 67.3 Å². The Bertz CT molecular complexity index is 848. The number of nitrogens with one attached hydrogen (secondary N) is 2. The Morgan fingerprint density at radius 3 is 2.21 bits per heavy atom. The summed E-state index contributed by atoms with van der Waals surface area (Å²) < 4.78 is 26.7. The second-order valence-corrected chi connectivity index (χ2v) is 8.14. The summed E-state index contributed by atoms with van der Waals surface area (Å²) in [4.78, 5) is 47.1. The van der Waals surface area contributed by atoms with Crippen LogP contribution < -0.4 is 10.0 Å². The first-order valence-corrected chi connectivity index (χ1v) is 10.4. The van der Waals surface area contributed by atoms with Gasteiger partial charge >= 0.3 is 0 Å². The highest BCUT2D eigenvalue weighted by Crippen LogP contribution is 2.12. The van der Waals surface area contributed by atoms with Crippen molar-refractivity contribution in [2.75, 3.05) is 19.6 Å². The van der Waals surface area contributed by atoms with E-state index in [1.54, 1.807) is 0 Å². The van der Waals surface area contributed by atoms with Crippen LogP contribution in [0.25, 0.3) is 0 Å². The molecule has 2 rings (SSSR count). The van der Waals surface area contributed by atoms with Gasteiger partial charge in [0.05, 0.1) is 4.90 Å². The molecule has 0 spiro atoms. The van der Waals surface area contributed by atoms with Crippen molar-refractivity contribution in [3.63, 3.8) is 0 Å². The van der Waals surface area contributed by atoms with E-state index in [0.717, 1.165) is 0 Å². The van der Waals surface area contributed by atoms with E-state index in [1.807, 2.05) is 0 Å². The first-order chi connectivity index (χ1) is 13.2. The second-order valence-electron chi connectivity index (χ2n) is 6.37. The van der Waals surface area contributed by atoms with Gasteiger partial charge in [0.25, 0.3) is 0 Å². The summed E-state index contributed by atoms with van der Waals surface area (Å²) >= 11 is 0. The highest BCUT2D eigenvalue weighted by atomic mass is 32.2. The lowest BCUT2D eigenvalue weighted by Crippen LogP contribution is -2.34. The van der Waals surface area contributed by atoms with Crippen LogP contribution in [-0.4, -0.2) is 56.5 Å². The third-order valence-corrected chi connectivity index (χ3v) is 5.73. The molecule has 1 aromatic rings. The second kappa shape index (κ2) is 9.56. The van der Waals surface area contributed by atoms with E-state index >= 15 is 0 Å². The van der Waals surface area contributed by atoms with E-state index in [0.29, 0.717) is 12.0 Å². The van der Waals surface area contributed by atoms with Crippen LogP contribution in [0.4, 0.5) is 0 Å². The van der Waals surface area contributed by atoms with Crippen molar-refractivity contribution in [3.8, 4) is 0 Å². The summed E-state index contributed by atoms with van der Waals surface area (Å²) in [5, 5.41) is 2.62.